The van der Waals surface area contributed by atoms with Crippen molar-refractivity contribution in [1.29, 1.82) is 0 Å². The van der Waals surface area contributed by atoms with E-state index in [2.05, 4.69) is 47.3 Å². The molecule has 1 N–H and O–H groups in total. The van der Waals surface area contributed by atoms with Gasteiger partial charge in [0.15, 0.2) is 5.82 Å². The van der Waals surface area contributed by atoms with Crippen molar-refractivity contribution in [3.05, 3.63) is 24.2 Å². The molecule has 0 saturated carbocycles. The quantitative estimate of drug-likeness (QED) is 0.804. The third kappa shape index (κ3) is 4.15. The molecule has 0 unspecified atom stereocenters. The van der Waals surface area contributed by atoms with Crippen molar-refractivity contribution < 1.29 is 4.74 Å². The number of fused-ring (bicyclic) bond motifs is 1. The summed E-state index contributed by atoms with van der Waals surface area (Å²) in [7, 11) is 3.81. The van der Waals surface area contributed by atoms with Gasteiger partial charge in [0.2, 0.25) is 0 Å². The second-order valence-electron chi connectivity index (χ2n) is 5.55. The van der Waals surface area contributed by atoms with Crippen LogP contribution in [0.15, 0.2) is 18.5 Å². The van der Waals surface area contributed by atoms with Crippen molar-refractivity contribution >= 4 is 11.3 Å². The molecule has 0 radical (unpaired) electrons. The molecule has 6 heteroatoms. The normalized spacial score (nSPS) is 11.7. The molecule has 116 valence electrons. The fraction of sp³-hybridized carbons (Fsp3) is 0.600. The van der Waals surface area contributed by atoms with Crippen LogP contribution in [0.5, 0.6) is 0 Å². The summed E-state index contributed by atoms with van der Waals surface area (Å²) < 4.78 is 6.96. The highest BCUT2D eigenvalue weighted by Gasteiger charge is 2.09. The molecule has 0 aliphatic heterocycles. The first-order valence-corrected chi connectivity index (χ1v) is 7.37. The molecule has 0 aliphatic carbocycles. The lowest BCUT2D eigenvalue weighted by Crippen LogP contribution is -2.28. The number of nitrogens with zero attached hydrogens (tertiary/aromatic N) is 4. The van der Waals surface area contributed by atoms with Crippen molar-refractivity contribution in [2.24, 2.45) is 0 Å². The van der Waals surface area contributed by atoms with E-state index in [1.807, 2.05) is 10.7 Å². The first-order chi connectivity index (χ1) is 10.1. The van der Waals surface area contributed by atoms with E-state index in [4.69, 9.17) is 4.74 Å². The molecular formula is C15H25N5O. The lowest BCUT2D eigenvalue weighted by Gasteiger charge is -2.16. The second-order valence-corrected chi connectivity index (χ2v) is 5.55. The van der Waals surface area contributed by atoms with Crippen LogP contribution in [0.25, 0.3) is 5.52 Å². The molecule has 0 amide bonds. The average Bonchev–Trinajstić information content (AvgIpc) is 2.90. The standard InChI is InChI=1S/C15H25N5O/c1-12(2)13-11-14-15(17-6-8-20(14)18-13)16-5-7-19(3)9-10-21-4/h6,8,11-12H,5,7,9-10H2,1-4H3,(H,16,17). The van der Waals surface area contributed by atoms with Crippen molar-refractivity contribution in [1.82, 2.24) is 19.5 Å². The smallest absolute Gasteiger partial charge is 0.152 e. The molecule has 0 fully saturated rings. The Bertz CT molecular complexity index is 566. The molecule has 0 aromatic carbocycles. The van der Waals surface area contributed by atoms with Gasteiger partial charge in [-0.15, -0.1) is 0 Å². The molecule has 2 aromatic heterocycles. The zero-order chi connectivity index (χ0) is 15.2. The summed E-state index contributed by atoms with van der Waals surface area (Å²) in [6, 6.07) is 2.11. The van der Waals surface area contributed by atoms with Crippen molar-refractivity contribution in [2.45, 2.75) is 19.8 Å². The van der Waals surface area contributed by atoms with Crippen LogP contribution in [0.3, 0.4) is 0 Å². The molecule has 0 spiro atoms. The maximum atomic E-state index is 5.07. The minimum Gasteiger partial charge on any atom is -0.383 e. The van der Waals surface area contributed by atoms with Gasteiger partial charge in [0.05, 0.1) is 12.3 Å². The van der Waals surface area contributed by atoms with Crippen LogP contribution in [0.2, 0.25) is 0 Å². The van der Waals surface area contributed by atoms with E-state index in [0.29, 0.717) is 5.92 Å². The number of hydrogen-bond acceptors (Lipinski definition) is 5. The fourth-order valence-electron chi connectivity index (χ4n) is 2.08. The Morgan fingerprint density at radius 2 is 2.19 bits per heavy atom. The maximum absolute atomic E-state index is 5.07. The summed E-state index contributed by atoms with van der Waals surface area (Å²) in [5.41, 5.74) is 2.11. The molecule has 2 rings (SSSR count). The molecule has 2 heterocycles. The van der Waals surface area contributed by atoms with E-state index in [1.165, 1.54) is 0 Å². The van der Waals surface area contributed by atoms with Crippen LogP contribution in [-0.4, -0.2) is 59.9 Å². The second kappa shape index (κ2) is 7.38. The minimum atomic E-state index is 0.415. The van der Waals surface area contributed by atoms with Gasteiger partial charge in [-0.05, 0) is 19.0 Å². The van der Waals surface area contributed by atoms with Gasteiger partial charge in [-0.1, -0.05) is 13.8 Å². The van der Waals surface area contributed by atoms with E-state index >= 15 is 0 Å². The summed E-state index contributed by atoms with van der Waals surface area (Å²) in [5.74, 6) is 1.30. The van der Waals surface area contributed by atoms with Gasteiger partial charge < -0.3 is 15.0 Å². The highest BCUT2D eigenvalue weighted by molar-refractivity contribution is 5.67. The topological polar surface area (TPSA) is 54.7 Å². The molecule has 21 heavy (non-hydrogen) atoms. The fourth-order valence-corrected chi connectivity index (χ4v) is 2.08. The third-order valence-electron chi connectivity index (χ3n) is 3.46. The minimum absolute atomic E-state index is 0.415. The molecule has 0 aliphatic rings. The summed E-state index contributed by atoms with van der Waals surface area (Å²) in [5, 5.41) is 7.96. The largest absolute Gasteiger partial charge is 0.383 e. The molecule has 0 atom stereocenters. The summed E-state index contributed by atoms with van der Waals surface area (Å²) in [6.45, 7) is 7.76. The number of aromatic nitrogens is 3. The van der Waals surface area contributed by atoms with Crippen molar-refractivity contribution in [2.75, 3.05) is 45.7 Å². The van der Waals surface area contributed by atoms with Crippen LogP contribution in [0.1, 0.15) is 25.5 Å². The Hall–Kier alpha value is -1.66. The van der Waals surface area contributed by atoms with Crippen molar-refractivity contribution in [3.8, 4) is 0 Å². The van der Waals surface area contributed by atoms with Gasteiger partial charge in [-0.25, -0.2) is 9.50 Å². The van der Waals surface area contributed by atoms with Crippen LogP contribution < -0.4 is 5.32 Å². The Balaban J connectivity index is 1.98. The first kappa shape index (κ1) is 15.7. The van der Waals surface area contributed by atoms with Gasteiger partial charge in [0, 0.05) is 39.1 Å². The predicted molar refractivity (Wildman–Crippen MR) is 84.9 cm³/mol. The SMILES string of the molecule is COCCN(C)CCNc1nccn2nc(C(C)C)cc12. The lowest BCUT2D eigenvalue weighted by molar-refractivity contribution is 0.163. The average molecular weight is 291 g/mol. The van der Waals surface area contributed by atoms with E-state index < -0.39 is 0 Å². The highest BCUT2D eigenvalue weighted by atomic mass is 16.5. The summed E-state index contributed by atoms with van der Waals surface area (Å²) in [6.07, 6.45) is 3.66. The summed E-state index contributed by atoms with van der Waals surface area (Å²) in [4.78, 5) is 6.65. The van der Waals surface area contributed by atoms with E-state index in [-0.39, 0.29) is 0 Å². The van der Waals surface area contributed by atoms with E-state index in [0.717, 1.165) is 43.3 Å². The van der Waals surface area contributed by atoms with Crippen LogP contribution in [-0.2, 0) is 4.74 Å². The number of anilines is 1. The Labute approximate surface area is 126 Å². The Morgan fingerprint density at radius 1 is 1.38 bits per heavy atom. The van der Waals surface area contributed by atoms with Crippen molar-refractivity contribution in [3.63, 3.8) is 0 Å². The number of ether oxygens (including phenoxy) is 1. The van der Waals surface area contributed by atoms with Crippen LogP contribution in [0, 0.1) is 0 Å². The predicted octanol–water partition coefficient (Wildman–Crippen LogP) is 1.84. The molecule has 6 nitrogen and oxygen atoms in total. The van der Waals surface area contributed by atoms with Gasteiger partial charge in [-0.2, -0.15) is 5.10 Å². The molecular weight excluding hydrogens is 266 g/mol. The number of nitrogens with one attached hydrogen (secondary N) is 1. The van der Waals surface area contributed by atoms with Gasteiger partial charge in [-0.3, -0.25) is 0 Å². The molecule has 2 aromatic rings. The zero-order valence-corrected chi connectivity index (χ0v) is 13.3. The first-order valence-electron chi connectivity index (χ1n) is 7.37. The molecule has 0 bridgehead atoms. The highest BCUT2D eigenvalue weighted by Crippen LogP contribution is 2.19. The monoisotopic (exact) mass is 291 g/mol. The van der Waals surface area contributed by atoms with Gasteiger partial charge in [0.1, 0.15) is 5.52 Å². The number of methoxy groups -OCH3 is 1. The lowest BCUT2D eigenvalue weighted by atomic mass is 10.1. The molecule has 0 saturated heterocycles. The van der Waals surface area contributed by atoms with Crippen LogP contribution >= 0.6 is 0 Å². The number of likely N-dealkylation sites (N-methyl/N-ethyl adjacent to an activating group) is 1. The zero-order valence-electron chi connectivity index (χ0n) is 13.3. The number of rotatable bonds is 8. The Kier molecular flexibility index (Phi) is 5.52. The number of hydrogen-bond donors (Lipinski definition) is 1. The van der Waals surface area contributed by atoms with Gasteiger partial charge >= 0.3 is 0 Å². The van der Waals surface area contributed by atoms with E-state index in [9.17, 15) is 0 Å². The maximum Gasteiger partial charge on any atom is 0.152 e. The van der Waals surface area contributed by atoms with Crippen LogP contribution in [0.4, 0.5) is 5.82 Å². The van der Waals surface area contributed by atoms with E-state index in [1.54, 1.807) is 13.3 Å². The van der Waals surface area contributed by atoms with Gasteiger partial charge in [0.25, 0.3) is 0 Å². The Morgan fingerprint density at radius 3 is 2.90 bits per heavy atom. The third-order valence-corrected chi connectivity index (χ3v) is 3.46. The summed E-state index contributed by atoms with van der Waals surface area (Å²) >= 11 is 0.